The van der Waals surface area contributed by atoms with Crippen LogP contribution in [-0.4, -0.2) is 0 Å². The Balaban J connectivity index is 1.18. The van der Waals surface area contributed by atoms with Crippen LogP contribution in [0.1, 0.15) is 36.1 Å². The van der Waals surface area contributed by atoms with Crippen LogP contribution in [0.25, 0.3) is 53.6 Å². The SMILES string of the molecule is Cc1ccccc1-c1cc(N(c2ccccc2)c2ccc3sc4ccc(-c5ccc6c(c5)-c5ccccc5C6(C)C)cc4c3c2)ccc1C. The molecule has 49 heavy (non-hydrogen) atoms. The largest absolute Gasteiger partial charge is 0.310 e. The highest BCUT2D eigenvalue weighted by molar-refractivity contribution is 7.25. The average Bonchev–Trinajstić information content (AvgIpc) is 3.61. The Kier molecular flexibility index (Phi) is 6.86. The second-order valence-corrected chi connectivity index (χ2v) is 15.0. The molecule has 0 atom stereocenters. The first kappa shape index (κ1) is 29.7. The first-order valence-corrected chi connectivity index (χ1v) is 17.9. The van der Waals surface area contributed by atoms with E-state index >= 15 is 0 Å². The lowest BCUT2D eigenvalue weighted by Crippen LogP contribution is -2.14. The minimum absolute atomic E-state index is 0.0111. The summed E-state index contributed by atoms with van der Waals surface area (Å²) < 4.78 is 2.62. The topological polar surface area (TPSA) is 3.24 Å². The van der Waals surface area contributed by atoms with Crippen LogP contribution >= 0.6 is 11.3 Å². The van der Waals surface area contributed by atoms with Gasteiger partial charge in [-0.3, -0.25) is 0 Å². The second kappa shape index (κ2) is 11.3. The van der Waals surface area contributed by atoms with Crippen molar-refractivity contribution in [3.63, 3.8) is 0 Å². The molecule has 7 aromatic carbocycles. The zero-order valence-corrected chi connectivity index (χ0v) is 29.1. The molecule has 1 aliphatic rings. The second-order valence-electron chi connectivity index (χ2n) is 13.9. The van der Waals surface area contributed by atoms with Crippen LogP contribution in [0.2, 0.25) is 0 Å². The number of hydrogen-bond donors (Lipinski definition) is 0. The number of hydrogen-bond acceptors (Lipinski definition) is 2. The van der Waals surface area contributed by atoms with Gasteiger partial charge < -0.3 is 4.90 Å². The van der Waals surface area contributed by atoms with Gasteiger partial charge >= 0.3 is 0 Å². The lowest BCUT2D eigenvalue weighted by molar-refractivity contribution is 0.660. The van der Waals surface area contributed by atoms with Crippen LogP contribution in [0.3, 0.4) is 0 Å². The third kappa shape index (κ3) is 4.82. The summed E-state index contributed by atoms with van der Waals surface area (Å²) in [4.78, 5) is 2.40. The summed E-state index contributed by atoms with van der Waals surface area (Å²) >= 11 is 1.87. The first-order valence-electron chi connectivity index (χ1n) is 17.1. The predicted octanol–water partition coefficient (Wildman–Crippen LogP) is 13.8. The quantitative estimate of drug-likeness (QED) is 0.180. The summed E-state index contributed by atoms with van der Waals surface area (Å²) in [5.74, 6) is 0. The molecule has 9 rings (SSSR count). The van der Waals surface area contributed by atoms with E-state index in [1.54, 1.807) is 0 Å². The highest BCUT2D eigenvalue weighted by Gasteiger charge is 2.35. The maximum Gasteiger partial charge on any atom is 0.0468 e. The van der Waals surface area contributed by atoms with Gasteiger partial charge in [0.05, 0.1) is 0 Å². The van der Waals surface area contributed by atoms with E-state index in [-0.39, 0.29) is 5.41 Å². The molecule has 236 valence electrons. The fraction of sp³-hybridized carbons (Fsp3) is 0.106. The van der Waals surface area contributed by atoms with Crippen LogP contribution in [0, 0.1) is 13.8 Å². The molecule has 0 amide bonds. The fourth-order valence-electron chi connectivity index (χ4n) is 7.92. The number of aryl methyl sites for hydroxylation is 2. The molecule has 0 fully saturated rings. The maximum absolute atomic E-state index is 2.41. The number of benzene rings is 7. The molecule has 0 saturated carbocycles. The van der Waals surface area contributed by atoms with Gasteiger partial charge in [-0.25, -0.2) is 0 Å². The number of rotatable bonds is 5. The summed E-state index contributed by atoms with van der Waals surface area (Å²) in [6, 6.07) is 56.2. The van der Waals surface area contributed by atoms with Crippen molar-refractivity contribution in [1.29, 1.82) is 0 Å². The summed E-state index contributed by atoms with van der Waals surface area (Å²) in [6.07, 6.45) is 0. The van der Waals surface area contributed by atoms with E-state index in [0.717, 1.165) is 17.1 Å². The molecule has 0 saturated heterocycles. The van der Waals surface area contributed by atoms with E-state index < -0.39 is 0 Å². The third-order valence-corrected chi connectivity index (χ3v) is 11.7. The van der Waals surface area contributed by atoms with Crippen molar-refractivity contribution < 1.29 is 0 Å². The molecule has 1 heterocycles. The smallest absolute Gasteiger partial charge is 0.0468 e. The van der Waals surface area contributed by atoms with Crippen molar-refractivity contribution in [2.45, 2.75) is 33.1 Å². The van der Waals surface area contributed by atoms with Gasteiger partial charge in [-0.1, -0.05) is 105 Å². The molecule has 1 aliphatic carbocycles. The summed E-state index contributed by atoms with van der Waals surface area (Å²) in [5, 5.41) is 2.59. The molecule has 1 aromatic heterocycles. The highest BCUT2D eigenvalue weighted by Crippen LogP contribution is 2.50. The van der Waals surface area contributed by atoms with Gasteiger partial charge in [0.25, 0.3) is 0 Å². The molecule has 0 unspecified atom stereocenters. The molecule has 1 nitrogen and oxygen atoms in total. The van der Waals surface area contributed by atoms with Crippen LogP contribution in [0.4, 0.5) is 17.1 Å². The van der Waals surface area contributed by atoms with E-state index in [1.807, 2.05) is 11.3 Å². The molecule has 0 spiro atoms. The number of anilines is 3. The number of para-hydroxylation sites is 1. The zero-order valence-electron chi connectivity index (χ0n) is 28.3. The van der Waals surface area contributed by atoms with Crippen molar-refractivity contribution in [2.75, 3.05) is 4.90 Å². The Morgan fingerprint density at radius 2 is 1.02 bits per heavy atom. The van der Waals surface area contributed by atoms with Gasteiger partial charge in [0, 0.05) is 42.6 Å². The predicted molar refractivity (Wildman–Crippen MR) is 212 cm³/mol. The first-order chi connectivity index (χ1) is 23.9. The molecule has 0 bridgehead atoms. The van der Waals surface area contributed by atoms with Gasteiger partial charge in [0.15, 0.2) is 0 Å². The van der Waals surface area contributed by atoms with Gasteiger partial charge in [0.1, 0.15) is 0 Å². The average molecular weight is 648 g/mol. The third-order valence-electron chi connectivity index (χ3n) is 10.6. The Labute approximate surface area is 292 Å². The van der Waals surface area contributed by atoms with Crippen molar-refractivity contribution in [3.05, 3.63) is 174 Å². The molecule has 0 aliphatic heterocycles. The maximum atomic E-state index is 2.41. The molecule has 0 radical (unpaired) electrons. The van der Waals surface area contributed by atoms with Crippen molar-refractivity contribution in [2.24, 2.45) is 0 Å². The van der Waals surface area contributed by atoms with E-state index in [9.17, 15) is 0 Å². The van der Waals surface area contributed by atoms with Crippen molar-refractivity contribution in [3.8, 4) is 33.4 Å². The molecule has 0 N–H and O–H groups in total. The van der Waals surface area contributed by atoms with Crippen molar-refractivity contribution >= 4 is 48.6 Å². The summed E-state index contributed by atoms with van der Waals surface area (Å²) in [6.45, 7) is 9.09. The molecular weight excluding hydrogens is 611 g/mol. The van der Waals surface area contributed by atoms with Crippen LogP contribution in [0.5, 0.6) is 0 Å². The number of fused-ring (bicyclic) bond motifs is 6. The van der Waals surface area contributed by atoms with Crippen LogP contribution in [0.15, 0.2) is 152 Å². The van der Waals surface area contributed by atoms with Crippen LogP contribution in [-0.2, 0) is 5.41 Å². The minimum atomic E-state index is 0.0111. The van der Waals surface area contributed by atoms with E-state index in [4.69, 9.17) is 0 Å². The Bertz CT molecular complexity index is 2550. The van der Waals surface area contributed by atoms with Gasteiger partial charge in [-0.15, -0.1) is 11.3 Å². The Morgan fingerprint density at radius 3 is 1.84 bits per heavy atom. The van der Waals surface area contributed by atoms with Gasteiger partial charge in [-0.2, -0.15) is 0 Å². The monoisotopic (exact) mass is 647 g/mol. The molecular formula is C47H37NS. The standard InChI is InChI=1S/C47H37NS/c1-30-12-8-9-15-37(30)39-28-35(21-18-31(39)2)48(34-13-6-5-7-14-34)36-22-25-46-42(29-36)41-27-33(20-24-45(41)49-46)32-19-23-44-40(26-32)38-16-10-11-17-43(38)47(44,3)4/h5-29H,1-4H3. The van der Waals surface area contributed by atoms with E-state index in [1.165, 1.54) is 75.8 Å². The zero-order chi connectivity index (χ0) is 33.3. The van der Waals surface area contributed by atoms with Gasteiger partial charge in [0.2, 0.25) is 0 Å². The van der Waals surface area contributed by atoms with E-state index in [2.05, 4.69) is 184 Å². The summed E-state index contributed by atoms with van der Waals surface area (Å²) in [7, 11) is 0. The lowest BCUT2D eigenvalue weighted by atomic mass is 9.82. The fourth-order valence-corrected chi connectivity index (χ4v) is 8.99. The number of nitrogens with zero attached hydrogens (tertiary/aromatic N) is 1. The van der Waals surface area contributed by atoms with E-state index in [0.29, 0.717) is 0 Å². The molecule has 2 heteroatoms. The lowest BCUT2D eigenvalue weighted by Gasteiger charge is -2.26. The normalized spacial score (nSPS) is 13.1. The van der Waals surface area contributed by atoms with Crippen LogP contribution < -0.4 is 4.90 Å². The Hall–Kier alpha value is -5.44. The summed E-state index contributed by atoms with van der Waals surface area (Å²) in [5.41, 5.74) is 16.6. The van der Waals surface area contributed by atoms with Gasteiger partial charge in [-0.05, 0) is 130 Å². The minimum Gasteiger partial charge on any atom is -0.310 e. The molecule has 8 aromatic rings. The van der Waals surface area contributed by atoms with Crippen molar-refractivity contribution in [1.82, 2.24) is 0 Å². The highest BCUT2D eigenvalue weighted by atomic mass is 32.1. The number of thiophene rings is 1. The Morgan fingerprint density at radius 1 is 0.429 bits per heavy atom.